The van der Waals surface area contributed by atoms with Crippen LogP contribution in [0.25, 0.3) is 11.3 Å². The van der Waals surface area contributed by atoms with Crippen LogP contribution in [-0.4, -0.2) is 34.2 Å². The van der Waals surface area contributed by atoms with Crippen molar-refractivity contribution in [2.24, 2.45) is 0 Å². The minimum absolute atomic E-state index is 0.00943. The highest BCUT2D eigenvalue weighted by Gasteiger charge is 2.14. The van der Waals surface area contributed by atoms with Crippen LogP contribution in [-0.2, 0) is 0 Å². The quantitative estimate of drug-likeness (QED) is 0.359. The molecule has 9 heteroatoms. The summed E-state index contributed by atoms with van der Waals surface area (Å²) in [4.78, 5) is 22.3. The van der Waals surface area contributed by atoms with Crippen LogP contribution in [0.1, 0.15) is 15.9 Å². The zero-order valence-corrected chi connectivity index (χ0v) is 16.2. The lowest BCUT2D eigenvalue weighted by atomic mass is 10.1. The van der Waals surface area contributed by atoms with Gasteiger partial charge in [0.05, 0.1) is 27.7 Å². The number of nitrogens with one attached hydrogen (secondary N) is 1. The number of hydrogen-bond donors (Lipinski definition) is 1. The number of nitrogens with zero attached hydrogens (tertiary/aromatic N) is 3. The lowest BCUT2D eigenvalue weighted by Crippen LogP contribution is -2.28. The van der Waals surface area contributed by atoms with Crippen molar-refractivity contribution in [1.82, 2.24) is 15.5 Å². The minimum Gasteiger partial charge on any atom is -0.475 e. The van der Waals surface area contributed by atoms with E-state index in [4.69, 9.17) is 16.3 Å². The Hall–Kier alpha value is -3.52. The number of rotatable bonds is 7. The van der Waals surface area contributed by atoms with Crippen LogP contribution >= 0.6 is 11.6 Å². The first-order chi connectivity index (χ1) is 13.9. The summed E-state index contributed by atoms with van der Waals surface area (Å²) >= 11 is 5.94. The molecule has 1 amide bonds. The highest BCUT2D eigenvalue weighted by atomic mass is 35.5. The number of halogens is 1. The van der Waals surface area contributed by atoms with E-state index in [1.807, 2.05) is 37.3 Å². The summed E-state index contributed by atoms with van der Waals surface area (Å²) in [7, 11) is 0. The third kappa shape index (κ3) is 5.26. The Bertz CT molecular complexity index is 1020. The summed E-state index contributed by atoms with van der Waals surface area (Å²) in [6.07, 6.45) is 0. The van der Waals surface area contributed by atoms with Crippen LogP contribution in [0.4, 0.5) is 5.69 Å². The fraction of sp³-hybridized carbons (Fsp3) is 0.150. The van der Waals surface area contributed by atoms with Crippen molar-refractivity contribution in [2.75, 3.05) is 13.2 Å². The predicted molar refractivity (Wildman–Crippen MR) is 108 cm³/mol. The lowest BCUT2D eigenvalue weighted by molar-refractivity contribution is -0.384. The van der Waals surface area contributed by atoms with E-state index in [9.17, 15) is 14.9 Å². The highest BCUT2D eigenvalue weighted by molar-refractivity contribution is 6.34. The second-order valence-electron chi connectivity index (χ2n) is 6.15. The normalized spacial score (nSPS) is 10.4. The zero-order chi connectivity index (χ0) is 20.8. The molecule has 0 bridgehead atoms. The maximum Gasteiger partial charge on any atom is 0.270 e. The van der Waals surface area contributed by atoms with Gasteiger partial charge in [-0.05, 0) is 19.1 Å². The van der Waals surface area contributed by atoms with Crippen LogP contribution < -0.4 is 10.1 Å². The van der Waals surface area contributed by atoms with Crippen LogP contribution in [0.15, 0.2) is 54.6 Å². The molecule has 148 valence electrons. The average molecular weight is 413 g/mol. The number of aromatic nitrogens is 2. The Morgan fingerprint density at radius 2 is 1.90 bits per heavy atom. The molecule has 1 N–H and O–H groups in total. The Kier molecular flexibility index (Phi) is 6.36. The first-order valence-electron chi connectivity index (χ1n) is 8.70. The number of carbonyl (C=O) groups excluding carboxylic acids is 1. The molecule has 0 unspecified atom stereocenters. The van der Waals surface area contributed by atoms with Gasteiger partial charge in [0.25, 0.3) is 11.6 Å². The fourth-order valence-electron chi connectivity index (χ4n) is 2.49. The Morgan fingerprint density at radius 3 is 2.52 bits per heavy atom. The number of nitro benzene ring substituents is 1. The number of ether oxygens (including phenoxy) is 1. The Balaban J connectivity index is 1.49. The largest absolute Gasteiger partial charge is 0.475 e. The van der Waals surface area contributed by atoms with Crippen molar-refractivity contribution in [3.8, 4) is 17.1 Å². The fourth-order valence-corrected chi connectivity index (χ4v) is 2.75. The second kappa shape index (κ2) is 9.11. The first kappa shape index (κ1) is 20.2. The molecule has 0 aliphatic carbocycles. The van der Waals surface area contributed by atoms with Crippen molar-refractivity contribution < 1.29 is 14.5 Å². The highest BCUT2D eigenvalue weighted by Crippen LogP contribution is 2.22. The lowest BCUT2D eigenvalue weighted by Gasteiger charge is -2.08. The Morgan fingerprint density at radius 1 is 1.14 bits per heavy atom. The number of carbonyl (C=O) groups is 1. The van der Waals surface area contributed by atoms with Crippen molar-refractivity contribution in [2.45, 2.75) is 6.92 Å². The Labute approximate surface area is 171 Å². The molecule has 0 saturated carbocycles. The number of hydrogen-bond acceptors (Lipinski definition) is 6. The molecule has 1 aromatic heterocycles. The van der Waals surface area contributed by atoms with E-state index in [0.29, 0.717) is 5.88 Å². The molecule has 3 rings (SSSR count). The molecule has 0 aliphatic heterocycles. The molecule has 3 aromatic rings. The van der Waals surface area contributed by atoms with Gasteiger partial charge in [0.15, 0.2) is 0 Å². The van der Waals surface area contributed by atoms with E-state index in [1.54, 1.807) is 6.07 Å². The molecule has 8 nitrogen and oxygen atoms in total. The van der Waals surface area contributed by atoms with E-state index in [1.165, 1.54) is 17.7 Å². The molecule has 0 atom stereocenters. The summed E-state index contributed by atoms with van der Waals surface area (Å²) < 4.78 is 5.47. The summed E-state index contributed by atoms with van der Waals surface area (Å²) in [5.74, 6) is -0.113. The van der Waals surface area contributed by atoms with Crippen LogP contribution in [0, 0.1) is 17.0 Å². The maximum atomic E-state index is 12.1. The van der Waals surface area contributed by atoms with Gasteiger partial charge in [-0.3, -0.25) is 14.9 Å². The SMILES string of the molecule is Cc1ccc(-c2ccc(OCCNC(=O)c3ccc([N+](=O)[O-])cc3Cl)nn2)cc1. The van der Waals surface area contributed by atoms with E-state index in [0.717, 1.165) is 17.3 Å². The number of aryl methyl sites for hydroxylation is 1. The molecule has 1 heterocycles. The predicted octanol–water partition coefficient (Wildman–Crippen LogP) is 3.82. The minimum atomic E-state index is -0.577. The molecule has 0 fully saturated rings. The van der Waals surface area contributed by atoms with Gasteiger partial charge in [-0.2, -0.15) is 0 Å². The summed E-state index contributed by atoms with van der Waals surface area (Å²) in [6, 6.07) is 15.1. The first-order valence-corrected chi connectivity index (χ1v) is 9.07. The van der Waals surface area contributed by atoms with E-state index in [-0.39, 0.29) is 29.4 Å². The molecule has 0 radical (unpaired) electrons. The van der Waals surface area contributed by atoms with E-state index in [2.05, 4.69) is 15.5 Å². The smallest absolute Gasteiger partial charge is 0.270 e. The van der Waals surface area contributed by atoms with Gasteiger partial charge >= 0.3 is 0 Å². The number of benzene rings is 2. The third-order valence-electron chi connectivity index (χ3n) is 4.03. The van der Waals surface area contributed by atoms with Crippen LogP contribution in [0.3, 0.4) is 0 Å². The van der Waals surface area contributed by atoms with Gasteiger partial charge in [-0.25, -0.2) is 0 Å². The maximum absolute atomic E-state index is 12.1. The standard InChI is InChI=1S/C20H17ClN4O4/c1-13-2-4-14(5-3-13)18-8-9-19(24-23-18)29-11-10-22-20(26)16-7-6-15(25(27)28)12-17(16)21/h2-9,12H,10-11H2,1H3,(H,22,26). The molecule has 0 spiro atoms. The van der Waals surface area contributed by atoms with Gasteiger partial charge in [0.2, 0.25) is 5.88 Å². The number of amides is 1. The molecule has 2 aromatic carbocycles. The number of nitro groups is 1. The van der Waals surface area contributed by atoms with Crippen molar-refractivity contribution in [3.05, 3.63) is 80.9 Å². The molecule has 0 saturated heterocycles. The van der Waals surface area contributed by atoms with Gasteiger partial charge in [0.1, 0.15) is 6.61 Å². The van der Waals surface area contributed by atoms with Gasteiger partial charge < -0.3 is 10.1 Å². The number of non-ortho nitro benzene ring substituents is 1. The van der Waals surface area contributed by atoms with Gasteiger partial charge in [-0.1, -0.05) is 41.4 Å². The van der Waals surface area contributed by atoms with Gasteiger partial charge in [0, 0.05) is 23.8 Å². The average Bonchev–Trinajstić information content (AvgIpc) is 2.72. The molecule has 29 heavy (non-hydrogen) atoms. The summed E-state index contributed by atoms with van der Waals surface area (Å²) in [5.41, 5.74) is 2.83. The zero-order valence-electron chi connectivity index (χ0n) is 15.5. The summed E-state index contributed by atoms with van der Waals surface area (Å²) in [6.45, 7) is 2.39. The van der Waals surface area contributed by atoms with Crippen LogP contribution in [0.5, 0.6) is 5.88 Å². The van der Waals surface area contributed by atoms with Gasteiger partial charge in [-0.15, -0.1) is 10.2 Å². The van der Waals surface area contributed by atoms with E-state index >= 15 is 0 Å². The second-order valence-corrected chi connectivity index (χ2v) is 6.56. The monoisotopic (exact) mass is 412 g/mol. The molecule has 0 aliphatic rings. The molecular formula is C20H17ClN4O4. The van der Waals surface area contributed by atoms with Crippen molar-refractivity contribution >= 4 is 23.2 Å². The molecular weight excluding hydrogens is 396 g/mol. The van der Waals surface area contributed by atoms with Crippen molar-refractivity contribution in [1.29, 1.82) is 0 Å². The van der Waals surface area contributed by atoms with Crippen molar-refractivity contribution in [3.63, 3.8) is 0 Å². The van der Waals surface area contributed by atoms with Crippen LogP contribution in [0.2, 0.25) is 5.02 Å². The topological polar surface area (TPSA) is 107 Å². The van der Waals surface area contributed by atoms with E-state index < -0.39 is 10.8 Å². The summed E-state index contributed by atoms with van der Waals surface area (Å²) in [5, 5.41) is 21.5. The third-order valence-corrected chi connectivity index (χ3v) is 4.35.